The van der Waals surface area contributed by atoms with Crippen LogP contribution in [0, 0.1) is 13.8 Å². The quantitative estimate of drug-likeness (QED) is 0.323. The van der Waals surface area contributed by atoms with Crippen LogP contribution in [0.5, 0.6) is 0 Å². The Bertz CT molecular complexity index is 1340. The summed E-state index contributed by atoms with van der Waals surface area (Å²) in [5.41, 5.74) is 2.03. The lowest BCUT2D eigenvalue weighted by Crippen LogP contribution is -2.29. The molecular formula is C24H25N3O2S2. The van der Waals surface area contributed by atoms with Crippen LogP contribution in [0.2, 0.25) is 0 Å². The van der Waals surface area contributed by atoms with Gasteiger partial charge in [-0.1, -0.05) is 48.2 Å². The summed E-state index contributed by atoms with van der Waals surface area (Å²) in [4.78, 5) is 32.1. The van der Waals surface area contributed by atoms with E-state index >= 15 is 0 Å². The molecule has 0 spiro atoms. The summed E-state index contributed by atoms with van der Waals surface area (Å²) in [5, 5.41) is 6.68. The van der Waals surface area contributed by atoms with Gasteiger partial charge in [-0.05, 0) is 55.7 Å². The second kappa shape index (κ2) is 8.85. The van der Waals surface area contributed by atoms with Crippen molar-refractivity contribution in [3.63, 3.8) is 0 Å². The first kappa shape index (κ1) is 21.6. The van der Waals surface area contributed by atoms with Crippen LogP contribution in [0.4, 0.5) is 0 Å². The average Bonchev–Trinajstić information content (AvgIpc) is 3.05. The van der Waals surface area contributed by atoms with Crippen LogP contribution in [0.3, 0.4) is 0 Å². The molecule has 0 bridgehead atoms. The molecule has 0 aliphatic rings. The number of thioether (sulfide) groups is 1. The van der Waals surface area contributed by atoms with E-state index in [0.717, 1.165) is 26.2 Å². The predicted molar refractivity (Wildman–Crippen MR) is 130 cm³/mol. The number of hydrogen-bond acceptors (Lipinski definition) is 5. The van der Waals surface area contributed by atoms with E-state index in [0.29, 0.717) is 17.1 Å². The van der Waals surface area contributed by atoms with Gasteiger partial charge in [-0.2, -0.15) is 0 Å². The average molecular weight is 452 g/mol. The number of rotatable bonds is 6. The minimum atomic E-state index is -0.107. The van der Waals surface area contributed by atoms with Gasteiger partial charge in [0.15, 0.2) is 5.16 Å². The number of benzene rings is 2. The van der Waals surface area contributed by atoms with Gasteiger partial charge in [-0.25, -0.2) is 4.98 Å². The van der Waals surface area contributed by atoms with Gasteiger partial charge in [-0.15, -0.1) is 11.3 Å². The molecule has 4 rings (SSSR count). The Balaban J connectivity index is 1.49. The molecular weight excluding hydrogens is 426 g/mol. The van der Waals surface area contributed by atoms with Crippen molar-refractivity contribution in [3.05, 3.63) is 68.8 Å². The Labute approximate surface area is 189 Å². The van der Waals surface area contributed by atoms with E-state index in [-0.39, 0.29) is 23.3 Å². The highest BCUT2D eigenvalue weighted by molar-refractivity contribution is 7.99. The number of hydrogen-bond donors (Lipinski definition) is 1. The number of thiophene rings is 1. The van der Waals surface area contributed by atoms with Gasteiger partial charge in [0.05, 0.1) is 17.2 Å². The monoisotopic (exact) mass is 451 g/mol. The van der Waals surface area contributed by atoms with Crippen molar-refractivity contribution < 1.29 is 4.79 Å². The molecule has 0 radical (unpaired) electrons. The summed E-state index contributed by atoms with van der Waals surface area (Å²) in [6.07, 6.45) is 0. The van der Waals surface area contributed by atoms with Gasteiger partial charge in [0.1, 0.15) is 4.83 Å². The predicted octanol–water partition coefficient (Wildman–Crippen LogP) is 5.22. The highest BCUT2D eigenvalue weighted by atomic mass is 32.2. The topological polar surface area (TPSA) is 64.0 Å². The van der Waals surface area contributed by atoms with Crippen LogP contribution in [-0.4, -0.2) is 21.2 Å². The Hall–Kier alpha value is -2.64. The standard InChI is InChI=1S/C24H25N3O2S2/c1-5-27-23(29)21-14(2)16(4)31-22(21)26-24(27)30-13-20(28)25-15(3)18-11-10-17-8-6-7-9-19(17)12-18/h6-12,15H,5,13H2,1-4H3,(H,25,28). The third-order valence-electron chi connectivity index (χ3n) is 5.55. The molecule has 0 fully saturated rings. The van der Waals surface area contributed by atoms with Crippen molar-refractivity contribution in [2.75, 3.05) is 5.75 Å². The molecule has 1 unspecified atom stereocenters. The van der Waals surface area contributed by atoms with Crippen LogP contribution in [0.1, 0.15) is 35.9 Å². The van der Waals surface area contributed by atoms with Crippen LogP contribution in [-0.2, 0) is 11.3 Å². The molecule has 0 aliphatic carbocycles. The van der Waals surface area contributed by atoms with Crippen LogP contribution in [0.25, 0.3) is 21.0 Å². The number of nitrogens with zero attached hydrogens (tertiary/aromatic N) is 2. The fourth-order valence-corrected chi connectivity index (χ4v) is 5.62. The van der Waals surface area contributed by atoms with E-state index in [2.05, 4.69) is 29.6 Å². The Morgan fingerprint density at radius 2 is 1.94 bits per heavy atom. The molecule has 4 aromatic rings. The number of amides is 1. The van der Waals surface area contributed by atoms with Crippen molar-refractivity contribution >= 4 is 50.0 Å². The molecule has 0 saturated heterocycles. The molecule has 1 atom stereocenters. The number of aryl methyl sites for hydroxylation is 2. The first-order chi connectivity index (χ1) is 14.9. The fraction of sp³-hybridized carbons (Fsp3) is 0.292. The largest absolute Gasteiger partial charge is 0.349 e. The number of nitrogens with one attached hydrogen (secondary N) is 1. The van der Waals surface area contributed by atoms with E-state index in [1.54, 1.807) is 4.57 Å². The molecule has 0 aliphatic heterocycles. The van der Waals surface area contributed by atoms with E-state index in [4.69, 9.17) is 4.98 Å². The second-order valence-corrected chi connectivity index (χ2v) is 9.74. The maximum atomic E-state index is 12.9. The fourth-order valence-electron chi connectivity index (χ4n) is 3.67. The van der Waals surface area contributed by atoms with Crippen molar-refractivity contribution in [2.45, 2.75) is 45.4 Å². The molecule has 2 heterocycles. The lowest BCUT2D eigenvalue weighted by Gasteiger charge is -2.15. The van der Waals surface area contributed by atoms with Crippen molar-refractivity contribution in [2.24, 2.45) is 0 Å². The molecule has 1 amide bonds. The third-order valence-corrected chi connectivity index (χ3v) is 7.63. The Morgan fingerprint density at radius 1 is 1.19 bits per heavy atom. The lowest BCUT2D eigenvalue weighted by atomic mass is 10.0. The zero-order valence-electron chi connectivity index (χ0n) is 18.1. The zero-order chi connectivity index (χ0) is 22.1. The van der Waals surface area contributed by atoms with E-state index in [1.807, 2.05) is 45.9 Å². The van der Waals surface area contributed by atoms with Crippen LogP contribution in [0.15, 0.2) is 52.4 Å². The summed E-state index contributed by atoms with van der Waals surface area (Å²) < 4.78 is 1.66. The second-order valence-electron chi connectivity index (χ2n) is 7.59. The van der Waals surface area contributed by atoms with E-state index in [1.165, 1.54) is 28.5 Å². The van der Waals surface area contributed by atoms with Gasteiger partial charge in [0.2, 0.25) is 5.91 Å². The Kier molecular flexibility index (Phi) is 6.16. The van der Waals surface area contributed by atoms with E-state index < -0.39 is 0 Å². The molecule has 5 nitrogen and oxygen atoms in total. The first-order valence-corrected chi connectivity index (χ1v) is 12.1. The third kappa shape index (κ3) is 4.25. The summed E-state index contributed by atoms with van der Waals surface area (Å²) in [6, 6.07) is 14.3. The van der Waals surface area contributed by atoms with Crippen molar-refractivity contribution in [1.29, 1.82) is 0 Å². The minimum Gasteiger partial charge on any atom is -0.349 e. The van der Waals surface area contributed by atoms with Crippen LogP contribution < -0.4 is 10.9 Å². The van der Waals surface area contributed by atoms with Gasteiger partial charge < -0.3 is 5.32 Å². The van der Waals surface area contributed by atoms with Crippen LogP contribution >= 0.6 is 23.1 Å². The van der Waals surface area contributed by atoms with Gasteiger partial charge in [0, 0.05) is 11.4 Å². The summed E-state index contributed by atoms with van der Waals surface area (Å²) in [7, 11) is 0. The molecule has 7 heteroatoms. The van der Waals surface area contributed by atoms with Crippen molar-refractivity contribution in [3.8, 4) is 0 Å². The highest BCUT2D eigenvalue weighted by Gasteiger charge is 2.17. The summed E-state index contributed by atoms with van der Waals surface area (Å²) in [6.45, 7) is 8.40. The number of fused-ring (bicyclic) bond motifs is 2. The summed E-state index contributed by atoms with van der Waals surface area (Å²) in [5.74, 6) is 0.125. The summed E-state index contributed by atoms with van der Waals surface area (Å²) >= 11 is 2.84. The molecule has 2 aromatic heterocycles. The van der Waals surface area contributed by atoms with E-state index in [9.17, 15) is 9.59 Å². The Morgan fingerprint density at radius 3 is 2.68 bits per heavy atom. The minimum absolute atomic E-state index is 0.0261. The smallest absolute Gasteiger partial charge is 0.263 e. The number of aromatic nitrogens is 2. The lowest BCUT2D eigenvalue weighted by molar-refractivity contribution is -0.119. The highest BCUT2D eigenvalue weighted by Crippen LogP contribution is 2.28. The maximum absolute atomic E-state index is 12.9. The number of carbonyl (C=O) groups is 1. The van der Waals surface area contributed by atoms with Gasteiger partial charge >= 0.3 is 0 Å². The van der Waals surface area contributed by atoms with Gasteiger partial charge in [-0.3, -0.25) is 14.2 Å². The number of carbonyl (C=O) groups excluding carboxylic acids is 1. The molecule has 2 aromatic carbocycles. The molecule has 1 N–H and O–H groups in total. The maximum Gasteiger partial charge on any atom is 0.263 e. The first-order valence-electron chi connectivity index (χ1n) is 10.3. The zero-order valence-corrected chi connectivity index (χ0v) is 19.7. The molecule has 31 heavy (non-hydrogen) atoms. The van der Waals surface area contributed by atoms with Crippen molar-refractivity contribution in [1.82, 2.24) is 14.9 Å². The van der Waals surface area contributed by atoms with Gasteiger partial charge in [0.25, 0.3) is 5.56 Å². The molecule has 0 saturated carbocycles. The molecule has 160 valence electrons. The SMILES string of the molecule is CCn1c(SCC(=O)NC(C)c2ccc3ccccc3c2)nc2sc(C)c(C)c2c1=O. The normalized spacial score (nSPS) is 12.4.